The summed E-state index contributed by atoms with van der Waals surface area (Å²) in [6.45, 7) is 4.56. The van der Waals surface area contributed by atoms with E-state index < -0.39 is 0 Å². The number of nitrogens with one attached hydrogen (secondary N) is 1. The third kappa shape index (κ3) is 2.36. The van der Waals surface area contributed by atoms with Gasteiger partial charge in [-0.3, -0.25) is 4.68 Å². The molecule has 0 amide bonds. The smallest absolute Gasteiger partial charge is 0.125 e. The second-order valence-electron chi connectivity index (χ2n) is 3.75. The molecule has 0 aliphatic rings. The van der Waals surface area contributed by atoms with E-state index in [4.69, 9.17) is 0 Å². The van der Waals surface area contributed by atoms with Crippen LogP contribution in [0.2, 0.25) is 0 Å². The lowest BCUT2D eigenvalue weighted by atomic mass is 10.3. The van der Waals surface area contributed by atoms with E-state index >= 15 is 0 Å². The first kappa shape index (κ1) is 10.6. The van der Waals surface area contributed by atoms with Crippen LogP contribution in [0.5, 0.6) is 0 Å². The lowest BCUT2D eigenvalue weighted by Crippen LogP contribution is -2.03. The minimum absolute atomic E-state index is 0.690. The van der Waals surface area contributed by atoms with E-state index in [0.29, 0.717) is 6.54 Å². The summed E-state index contributed by atoms with van der Waals surface area (Å²) in [5, 5.41) is 7.57. The molecule has 0 spiro atoms. The van der Waals surface area contributed by atoms with Crippen molar-refractivity contribution in [3.63, 3.8) is 0 Å². The summed E-state index contributed by atoms with van der Waals surface area (Å²) in [5.74, 6) is 0.794. The molecule has 0 aliphatic carbocycles. The SMILES string of the molecule is Cc1nccc(CNc2cn(C)nc2C)n1. The van der Waals surface area contributed by atoms with E-state index in [-0.39, 0.29) is 0 Å². The Morgan fingerprint density at radius 1 is 1.38 bits per heavy atom. The Kier molecular flexibility index (Phi) is 2.85. The highest BCUT2D eigenvalue weighted by Gasteiger charge is 2.02. The summed E-state index contributed by atoms with van der Waals surface area (Å²) < 4.78 is 1.79. The lowest BCUT2D eigenvalue weighted by molar-refractivity contribution is 0.756. The molecule has 0 fully saturated rings. The molecule has 0 unspecified atom stereocenters. The van der Waals surface area contributed by atoms with Crippen molar-refractivity contribution in [2.75, 3.05) is 5.32 Å². The standard InChI is InChI=1S/C11H15N5/c1-8-11(7-16(3)15-8)13-6-10-4-5-12-9(2)14-10/h4-5,7,13H,6H2,1-3H3. The molecule has 5 heteroatoms. The molecule has 0 aromatic carbocycles. The molecular formula is C11H15N5. The number of hydrogen-bond acceptors (Lipinski definition) is 4. The Labute approximate surface area is 94.5 Å². The summed E-state index contributed by atoms with van der Waals surface area (Å²) >= 11 is 0. The van der Waals surface area contributed by atoms with Crippen LogP contribution in [0.25, 0.3) is 0 Å². The molecule has 5 nitrogen and oxygen atoms in total. The lowest BCUT2D eigenvalue weighted by Gasteiger charge is -2.04. The maximum absolute atomic E-state index is 4.32. The maximum Gasteiger partial charge on any atom is 0.125 e. The minimum atomic E-state index is 0.690. The van der Waals surface area contributed by atoms with E-state index in [9.17, 15) is 0 Å². The van der Waals surface area contributed by atoms with Crippen molar-refractivity contribution in [3.05, 3.63) is 35.7 Å². The molecule has 2 heterocycles. The van der Waals surface area contributed by atoms with Gasteiger partial charge in [0.15, 0.2) is 0 Å². The molecule has 16 heavy (non-hydrogen) atoms. The van der Waals surface area contributed by atoms with Crippen LogP contribution in [-0.4, -0.2) is 19.7 Å². The number of aryl methyl sites for hydroxylation is 3. The number of rotatable bonds is 3. The van der Waals surface area contributed by atoms with Crippen molar-refractivity contribution in [2.24, 2.45) is 7.05 Å². The zero-order valence-corrected chi connectivity index (χ0v) is 9.73. The second-order valence-corrected chi connectivity index (χ2v) is 3.75. The van der Waals surface area contributed by atoms with Gasteiger partial charge in [0.1, 0.15) is 5.82 Å². The highest BCUT2D eigenvalue weighted by Crippen LogP contribution is 2.12. The zero-order valence-electron chi connectivity index (χ0n) is 9.73. The highest BCUT2D eigenvalue weighted by molar-refractivity contribution is 5.45. The summed E-state index contributed by atoms with van der Waals surface area (Å²) in [4.78, 5) is 8.39. The Morgan fingerprint density at radius 3 is 2.81 bits per heavy atom. The van der Waals surface area contributed by atoms with Gasteiger partial charge in [-0.1, -0.05) is 0 Å². The van der Waals surface area contributed by atoms with Crippen molar-refractivity contribution in [1.29, 1.82) is 0 Å². The summed E-state index contributed by atoms with van der Waals surface area (Å²) in [7, 11) is 1.91. The Morgan fingerprint density at radius 2 is 2.19 bits per heavy atom. The van der Waals surface area contributed by atoms with Crippen molar-refractivity contribution < 1.29 is 0 Å². The fraction of sp³-hybridized carbons (Fsp3) is 0.364. The molecule has 0 bridgehead atoms. The molecular weight excluding hydrogens is 202 g/mol. The third-order valence-corrected chi connectivity index (χ3v) is 2.31. The molecule has 2 rings (SSSR count). The predicted octanol–water partition coefficient (Wildman–Crippen LogP) is 1.44. The summed E-state index contributed by atoms with van der Waals surface area (Å²) in [5.41, 5.74) is 3.02. The number of anilines is 1. The van der Waals surface area contributed by atoms with E-state index in [1.54, 1.807) is 10.9 Å². The normalized spacial score (nSPS) is 10.4. The Bertz CT molecular complexity index is 489. The molecule has 84 valence electrons. The van der Waals surface area contributed by atoms with E-state index in [1.807, 2.05) is 33.2 Å². The molecule has 0 atom stereocenters. The largest absolute Gasteiger partial charge is 0.377 e. The van der Waals surface area contributed by atoms with Crippen molar-refractivity contribution in [1.82, 2.24) is 19.7 Å². The van der Waals surface area contributed by atoms with Crippen LogP contribution in [0.3, 0.4) is 0 Å². The summed E-state index contributed by atoms with van der Waals surface area (Å²) in [6, 6.07) is 1.91. The maximum atomic E-state index is 4.32. The first-order chi connectivity index (χ1) is 7.65. The first-order valence-corrected chi connectivity index (χ1v) is 5.18. The van der Waals surface area contributed by atoms with E-state index in [0.717, 1.165) is 22.9 Å². The van der Waals surface area contributed by atoms with Crippen molar-refractivity contribution >= 4 is 5.69 Å². The monoisotopic (exact) mass is 217 g/mol. The Hall–Kier alpha value is -1.91. The van der Waals surface area contributed by atoms with Gasteiger partial charge < -0.3 is 5.32 Å². The fourth-order valence-corrected chi connectivity index (χ4v) is 1.56. The van der Waals surface area contributed by atoms with Gasteiger partial charge in [0.05, 0.1) is 23.6 Å². The second kappa shape index (κ2) is 4.30. The van der Waals surface area contributed by atoms with Crippen LogP contribution >= 0.6 is 0 Å². The quantitative estimate of drug-likeness (QED) is 0.845. The molecule has 0 aliphatic heterocycles. The number of aromatic nitrogens is 4. The average molecular weight is 217 g/mol. The van der Waals surface area contributed by atoms with Gasteiger partial charge in [0, 0.05) is 19.4 Å². The molecule has 0 radical (unpaired) electrons. The van der Waals surface area contributed by atoms with Crippen LogP contribution in [0.15, 0.2) is 18.5 Å². The third-order valence-electron chi connectivity index (χ3n) is 2.31. The van der Waals surface area contributed by atoms with Crippen LogP contribution < -0.4 is 5.32 Å². The van der Waals surface area contributed by atoms with Gasteiger partial charge in [0.2, 0.25) is 0 Å². The van der Waals surface area contributed by atoms with Crippen molar-refractivity contribution in [3.8, 4) is 0 Å². The van der Waals surface area contributed by atoms with E-state index in [1.165, 1.54) is 0 Å². The minimum Gasteiger partial charge on any atom is -0.377 e. The zero-order chi connectivity index (χ0) is 11.5. The molecule has 1 N–H and O–H groups in total. The van der Waals surface area contributed by atoms with Gasteiger partial charge >= 0.3 is 0 Å². The average Bonchev–Trinajstić information content (AvgIpc) is 2.54. The van der Waals surface area contributed by atoms with Crippen LogP contribution in [0.4, 0.5) is 5.69 Å². The molecule has 2 aromatic heterocycles. The Balaban J connectivity index is 2.05. The predicted molar refractivity (Wildman–Crippen MR) is 62.0 cm³/mol. The fourth-order valence-electron chi connectivity index (χ4n) is 1.56. The molecule has 2 aromatic rings. The van der Waals surface area contributed by atoms with Crippen LogP contribution in [0, 0.1) is 13.8 Å². The molecule has 0 saturated heterocycles. The number of hydrogen-bond donors (Lipinski definition) is 1. The van der Waals surface area contributed by atoms with Crippen LogP contribution in [0.1, 0.15) is 17.2 Å². The highest BCUT2D eigenvalue weighted by atomic mass is 15.3. The van der Waals surface area contributed by atoms with Crippen LogP contribution in [-0.2, 0) is 13.6 Å². The topological polar surface area (TPSA) is 55.6 Å². The van der Waals surface area contributed by atoms with E-state index in [2.05, 4.69) is 20.4 Å². The van der Waals surface area contributed by atoms with Gasteiger partial charge in [-0.25, -0.2) is 9.97 Å². The van der Waals surface area contributed by atoms with Gasteiger partial charge in [0.25, 0.3) is 0 Å². The molecule has 0 saturated carbocycles. The first-order valence-electron chi connectivity index (χ1n) is 5.18. The number of nitrogens with zero attached hydrogens (tertiary/aromatic N) is 4. The van der Waals surface area contributed by atoms with Gasteiger partial charge in [-0.15, -0.1) is 0 Å². The summed E-state index contributed by atoms with van der Waals surface area (Å²) in [6.07, 6.45) is 3.73. The van der Waals surface area contributed by atoms with Gasteiger partial charge in [-0.2, -0.15) is 5.10 Å². The van der Waals surface area contributed by atoms with Crippen molar-refractivity contribution in [2.45, 2.75) is 20.4 Å². The van der Waals surface area contributed by atoms with Gasteiger partial charge in [-0.05, 0) is 19.9 Å².